The highest BCUT2D eigenvalue weighted by Gasteiger charge is 2.25. The molecule has 1 aliphatic rings. The van der Waals surface area contributed by atoms with Crippen molar-refractivity contribution in [2.45, 2.75) is 6.04 Å². The van der Waals surface area contributed by atoms with Gasteiger partial charge in [0.15, 0.2) is 0 Å². The highest BCUT2D eigenvalue weighted by Crippen LogP contribution is 2.35. The van der Waals surface area contributed by atoms with Crippen molar-refractivity contribution in [1.29, 1.82) is 0 Å². The molecule has 8 heteroatoms. The lowest BCUT2D eigenvalue weighted by atomic mass is 10.0. The summed E-state index contributed by atoms with van der Waals surface area (Å²) in [5.41, 5.74) is 2.41. The van der Waals surface area contributed by atoms with Crippen molar-refractivity contribution < 1.29 is 4.39 Å². The van der Waals surface area contributed by atoms with Crippen LogP contribution in [0.5, 0.6) is 0 Å². The molecule has 24 heavy (non-hydrogen) atoms. The fourth-order valence-corrected chi connectivity index (χ4v) is 3.13. The number of allylic oxidation sites excluding steroid dienone is 1. The summed E-state index contributed by atoms with van der Waals surface area (Å²) in [6, 6.07) is 11.2. The van der Waals surface area contributed by atoms with Crippen LogP contribution in [0.2, 0.25) is 10.0 Å². The summed E-state index contributed by atoms with van der Waals surface area (Å²) in [5, 5.41) is 15.9. The SMILES string of the molecule is Fc1ccc(C2=C[C@H](c3ccc(Cl)cc3Cl)n3nnnc3N2)cc1. The Balaban J connectivity index is 1.83. The first kappa shape index (κ1) is 15.1. The van der Waals surface area contributed by atoms with Crippen LogP contribution in [0.4, 0.5) is 10.3 Å². The fourth-order valence-electron chi connectivity index (χ4n) is 2.61. The number of hydrogen-bond donors (Lipinski definition) is 1. The van der Waals surface area contributed by atoms with Gasteiger partial charge in [0.05, 0.1) is 0 Å². The number of aromatic nitrogens is 4. The quantitative estimate of drug-likeness (QED) is 0.743. The van der Waals surface area contributed by atoms with E-state index < -0.39 is 0 Å². The molecule has 0 amide bonds. The van der Waals surface area contributed by atoms with Crippen LogP contribution in [-0.2, 0) is 0 Å². The first-order valence-corrected chi connectivity index (χ1v) is 7.85. The van der Waals surface area contributed by atoms with E-state index in [1.165, 1.54) is 12.1 Å². The van der Waals surface area contributed by atoms with E-state index in [9.17, 15) is 4.39 Å². The van der Waals surface area contributed by atoms with Gasteiger partial charge in [0, 0.05) is 15.7 Å². The van der Waals surface area contributed by atoms with Crippen LogP contribution in [0.25, 0.3) is 5.70 Å². The molecule has 120 valence electrons. The lowest BCUT2D eigenvalue weighted by Gasteiger charge is -2.24. The number of tetrazole rings is 1. The minimum absolute atomic E-state index is 0.294. The summed E-state index contributed by atoms with van der Waals surface area (Å²) < 4.78 is 14.8. The zero-order chi connectivity index (χ0) is 16.7. The third-order valence-electron chi connectivity index (χ3n) is 3.76. The van der Waals surface area contributed by atoms with Crippen LogP contribution in [0, 0.1) is 5.82 Å². The van der Waals surface area contributed by atoms with Gasteiger partial charge in [-0.25, -0.2) is 4.39 Å². The molecule has 0 spiro atoms. The molecule has 5 nitrogen and oxygen atoms in total. The molecule has 0 bridgehead atoms. The Bertz CT molecular complexity index is 936. The standard InChI is InChI=1S/C16H10Cl2FN5/c17-10-3-6-12(13(18)7-10)15-8-14(9-1-4-11(19)5-2-9)20-16-21-22-23-24(15)16/h1-8,15H,(H,20,21,23)/t15-/m1/s1. The number of nitrogens with zero attached hydrogens (tertiary/aromatic N) is 4. The Morgan fingerprint density at radius 2 is 1.88 bits per heavy atom. The second-order valence-electron chi connectivity index (χ2n) is 5.27. The predicted octanol–water partition coefficient (Wildman–Crippen LogP) is 4.18. The molecule has 3 aromatic rings. The largest absolute Gasteiger partial charge is 0.323 e. The van der Waals surface area contributed by atoms with E-state index in [4.69, 9.17) is 23.2 Å². The van der Waals surface area contributed by atoms with E-state index in [2.05, 4.69) is 20.8 Å². The second-order valence-corrected chi connectivity index (χ2v) is 6.11. The van der Waals surface area contributed by atoms with E-state index in [0.29, 0.717) is 16.0 Å². The van der Waals surface area contributed by atoms with E-state index >= 15 is 0 Å². The number of rotatable bonds is 2. The van der Waals surface area contributed by atoms with Gasteiger partial charge in [0.2, 0.25) is 5.95 Å². The normalized spacial score (nSPS) is 16.3. The highest BCUT2D eigenvalue weighted by molar-refractivity contribution is 6.35. The van der Waals surface area contributed by atoms with Crippen molar-refractivity contribution in [3.63, 3.8) is 0 Å². The minimum atomic E-state index is -0.305. The fraction of sp³-hybridized carbons (Fsp3) is 0.0625. The molecule has 0 saturated carbocycles. The number of fused-ring (bicyclic) bond motifs is 1. The zero-order valence-corrected chi connectivity index (χ0v) is 13.6. The molecule has 2 heterocycles. The molecule has 1 atom stereocenters. The summed E-state index contributed by atoms with van der Waals surface area (Å²) in [5.74, 6) is 0.185. The number of hydrogen-bond acceptors (Lipinski definition) is 4. The number of anilines is 1. The molecule has 0 radical (unpaired) electrons. The van der Waals surface area contributed by atoms with Gasteiger partial charge in [-0.3, -0.25) is 0 Å². The van der Waals surface area contributed by atoms with Gasteiger partial charge >= 0.3 is 0 Å². The molecule has 0 unspecified atom stereocenters. The van der Waals surface area contributed by atoms with Crippen LogP contribution in [0.15, 0.2) is 48.5 Å². The van der Waals surface area contributed by atoms with Crippen LogP contribution < -0.4 is 5.32 Å². The molecule has 1 aliphatic heterocycles. The number of halogens is 3. The van der Waals surface area contributed by atoms with Crippen LogP contribution in [-0.4, -0.2) is 20.2 Å². The lowest BCUT2D eigenvalue weighted by molar-refractivity contribution is 0.586. The summed E-state index contributed by atoms with van der Waals surface area (Å²) in [6.07, 6.45) is 1.94. The molecule has 2 aromatic carbocycles. The average Bonchev–Trinajstić information content (AvgIpc) is 3.03. The molecular weight excluding hydrogens is 352 g/mol. The molecule has 0 fully saturated rings. The number of benzene rings is 2. The first-order valence-electron chi connectivity index (χ1n) is 7.09. The van der Waals surface area contributed by atoms with Gasteiger partial charge in [0.1, 0.15) is 11.9 Å². The molecule has 4 rings (SSSR count). The predicted molar refractivity (Wildman–Crippen MR) is 90.4 cm³/mol. The Morgan fingerprint density at radius 1 is 1.08 bits per heavy atom. The molecule has 0 saturated heterocycles. The van der Waals surface area contributed by atoms with Gasteiger partial charge in [-0.05, 0) is 64.0 Å². The molecule has 1 aromatic heterocycles. The van der Waals surface area contributed by atoms with Crippen molar-refractivity contribution in [3.05, 3.63) is 75.5 Å². The van der Waals surface area contributed by atoms with Crippen molar-refractivity contribution >= 4 is 34.8 Å². The second kappa shape index (κ2) is 5.89. The van der Waals surface area contributed by atoms with Gasteiger partial charge in [-0.2, -0.15) is 4.68 Å². The van der Waals surface area contributed by atoms with E-state index in [0.717, 1.165) is 16.8 Å². The smallest absolute Gasteiger partial charge is 0.248 e. The Labute approximate surface area is 146 Å². The van der Waals surface area contributed by atoms with Gasteiger partial charge in [0.25, 0.3) is 0 Å². The maximum absolute atomic E-state index is 13.2. The molecular formula is C16H10Cl2FN5. The Morgan fingerprint density at radius 3 is 2.62 bits per heavy atom. The third kappa shape index (κ3) is 2.64. The maximum Gasteiger partial charge on any atom is 0.248 e. The third-order valence-corrected chi connectivity index (χ3v) is 4.33. The highest BCUT2D eigenvalue weighted by atomic mass is 35.5. The number of nitrogens with one attached hydrogen (secondary N) is 1. The summed E-state index contributed by atoms with van der Waals surface area (Å²) >= 11 is 12.3. The minimum Gasteiger partial charge on any atom is -0.323 e. The first-order chi connectivity index (χ1) is 11.6. The Hall–Kier alpha value is -2.44. The lowest BCUT2D eigenvalue weighted by Crippen LogP contribution is -2.20. The Kier molecular flexibility index (Phi) is 3.70. The van der Waals surface area contributed by atoms with Gasteiger partial charge in [-0.15, -0.1) is 0 Å². The molecule has 0 aliphatic carbocycles. The van der Waals surface area contributed by atoms with Gasteiger partial charge in [-0.1, -0.05) is 34.4 Å². The van der Waals surface area contributed by atoms with E-state index in [-0.39, 0.29) is 11.9 Å². The topological polar surface area (TPSA) is 55.6 Å². The van der Waals surface area contributed by atoms with E-state index in [1.807, 2.05) is 12.1 Å². The van der Waals surface area contributed by atoms with Crippen LogP contribution >= 0.6 is 23.2 Å². The van der Waals surface area contributed by atoms with Crippen molar-refractivity contribution in [3.8, 4) is 0 Å². The summed E-state index contributed by atoms with van der Waals surface area (Å²) in [4.78, 5) is 0. The molecule has 1 N–H and O–H groups in total. The van der Waals surface area contributed by atoms with Crippen molar-refractivity contribution in [1.82, 2.24) is 20.2 Å². The van der Waals surface area contributed by atoms with E-state index in [1.54, 1.807) is 28.9 Å². The van der Waals surface area contributed by atoms with Crippen molar-refractivity contribution in [2.24, 2.45) is 0 Å². The maximum atomic E-state index is 13.2. The summed E-state index contributed by atoms with van der Waals surface area (Å²) in [6.45, 7) is 0. The average molecular weight is 362 g/mol. The zero-order valence-electron chi connectivity index (χ0n) is 12.1. The van der Waals surface area contributed by atoms with Crippen molar-refractivity contribution in [2.75, 3.05) is 5.32 Å². The van der Waals surface area contributed by atoms with Gasteiger partial charge < -0.3 is 5.32 Å². The summed E-state index contributed by atoms with van der Waals surface area (Å²) in [7, 11) is 0. The monoisotopic (exact) mass is 361 g/mol. The van der Waals surface area contributed by atoms with Crippen LogP contribution in [0.3, 0.4) is 0 Å². The van der Waals surface area contributed by atoms with Crippen LogP contribution in [0.1, 0.15) is 17.2 Å².